The standard InChI is InChI=1S/C26H21N5O2/c32-25(29-19-5-6-19)17-3-8-21(9-4-17)31-15-28-23-14-20(7-10-24(23)31)30-26(33)18-2-1-16-11-12-27-22(16)13-18/h1-4,7-15,19,27H,5-6H2,(H,29,32)(H,30,33). The van der Waals surface area contributed by atoms with E-state index >= 15 is 0 Å². The first-order chi connectivity index (χ1) is 16.1. The fourth-order valence-corrected chi connectivity index (χ4v) is 3.96. The molecular weight excluding hydrogens is 414 g/mol. The van der Waals surface area contributed by atoms with Crippen molar-refractivity contribution < 1.29 is 9.59 Å². The van der Waals surface area contributed by atoms with Crippen molar-refractivity contribution in [3.8, 4) is 5.69 Å². The summed E-state index contributed by atoms with van der Waals surface area (Å²) in [6, 6.07) is 21.0. The van der Waals surface area contributed by atoms with Crippen molar-refractivity contribution in [2.24, 2.45) is 0 Å². The zero-order valence-electron chi connectivity index (χ0n) is 17.7. The summed E-state index contributed by atoms with van der Waals surface area (Å²) in [4.78, 5) is 32.6. The molecule has 162 valence electrons. The lowest BCUT2D eigenvalue weighted by atomic mass is 10.1. The van der Waals surface area contributed by atoms with Crippen LogP contribution in [0.5, 0.6) is 0 Å². The smallest absolute Gasteiger partial charge is 0.255 e. The molecule has 0 spiro atoms. The van der Waals surface area contributed by atoms with E-state index < -0.39 is 0 Å². The second-order valence-corrected chi connectivity index (χ2v) is 8.35. The Morgan fingerprint density at radius 1 is 0.909 bits per heavy atom. The third kappa shape index (κ3) is 3.74. The summed E-state index contributed by atoms with van der Waals surface area (Å²) in [6.45, 7) is 0. The number of anilines is 1. The van der Waals surface area contributed by atoms with E-state index in [1.807, 2.05) is 77.5 Å². The SMILES string of the molecule is O=C(Nc1ccc2c(c1)ncn2-c1ccc(C(=O)NC2CC2)cc1)c1ccc2cc[nH]c2c1. The molecule has 2 amide bonds. The molecule has 7 heteroatoms. The Bertz CT molecular complexity index is 1510. The van der Waals surface area contributed by atoms with Gasteiger partial charge in [-0.05, 0) is 78.9 Å². The predicted octanol–water partition coefficient (Wildman–Crippen LogP) is 4.65. The van der Waals surface area contributed by atoms with Crippen molar-refractivity contribution in [1.29, 1.82) is 0 Å². The molecule has 2 heterocycles. The molecule has 0 bridgehead atoms. The maximum atomic E-state index is 12.7. The monoisotopic (exact) mass is 435 g/mol. The number of hydrogen-bond donors (Lipinski definition) is 3. The zero-order valence-corrected chi connectivity index (χ0v) is 17.7. The van der Waals surface area contributed by atoms with Crippen LogP contribution in [0.4, 0.5) is 5.69 Å². The number of nitrogens with one attached hydrogen (secondary N) is 3. The summed E-state index contributed by atoms with van der Waals surface area (Å²) in [6.07, 6.45) is 5.73. The van der Waals surface area contributed by atoms with E-state index in [4.69, 9.17) is 0 Å². The highest BCUT2D eigenvalue weighted by atomic mass is 16.2. The number of hydrogen-bond acceptors (Lipinski definition) is 3. The number of carbonyl (C=O) groups excluding carboxylic acids is 2. The van der Waals surface area contributed by atoms with Crippen LogP contribution in [0.2, 0.25) is 0 Å². The van der Waals surface area contributed by atoms with E-state index in [1.165, 1.54) is 0 Å². The van der Waals surface area contributed by atoms with Crippen LogP contribution in [0.1, 0.15) is 33.6 Å². The normalized spacial score (nSPS) is 13.3. The molecule has 33 heavy (non-hydrogen) atoms. The van der Waals surface area contributed by atoms with Gasteiger partial charge in [0.2, 0.25) is 0 Å². The van der Waals surface area contributed by atoms with Gasteiger partial charge < -0.3 is 15.6 Å². The summed E-state index contributed by atoms with van der Waals surface area (Å²) in [7, 11) is 0. The van der Waals surface area contributed by atoms with E-state index in [2.05, 4.69) is 20.6 Å². The first-order valence-electron chi connectivity index (χ1n) is 10.9. The highest BCUT2D eigenvalue weighted by molar-refractivity contribution is 6.06. The molecule has 2 aromatic heterocycles. The molecule has 5 aromatic rings. The number of imidazole rings is 1. The maximum absolute atomic E-state index is 12.7. The highest BCUT2D eigenvalue weighted by Gasteiger charge is 2.23. The Labute approximate surface area is 189 Å². The van der Waals surface area contributed by atoms with Crippen molar-refractivity contribution in [2.75, 3.05) is 5.32 Å². The quantitative estimate of drug-likeness (QED) is 0.375. The maximum Gasteiger partial charge on any atom is 0.255 e. The van der Waals surface area contributed by atoms with Gasteiger partial charge >= 0.3 is 0 Å². The van der Waals surface area contributed by atoms with Crippen LogP contribution in [0.15, 0.2) is 79.3 Å². The van der Waals surface area contributed by atoms with Crippen LogP contribution < -0.4 is 10.6 Å². The van der Waals surface area contributed by atoms with Gasteiger partial charge in [-0.15, -0.1) is 0 Å². The van der Waals surface area contributed by atoms with Crippen LogP contribution >= 0.6 is 0 Å². The van der Waals surface area contributed by atoms with Gasteiger partial charge in [-0.25, -0.2) is 4.98 Å². The lowest BCUT2D eigenvalue weighted by Crippen LogP contribution is -2.25. The van der Waals surface area contributed by atoms with Crippen LogP contribution in [-0.4, -0.2) is 32.4 Å². The van der Waals surface area contributed by atoms with Crippen molar-refractivity contribution in [2.45, 2.75) is 18.9 Å². The first-order valence-corrected chi connectivity index (χ1v) is 10.9. The third-order valence-corrected chi connectivity index (χ3v) is 5.94. The Balaban J connectivity index is 1.22. The zero-order chi connectivity index (χ0) is 22.4. The number of carbonyl (C=O) groups is 2. The molecular formula is C26H21N5O2. The molecule has 3 N–H and O–H groups in total. The predicted molar refractivity (Wildman–Crippen MR) is 128 cm³/mol. The van der Waals surface area contributed by atoms with Gasteiger partial charge in [-0.1, -0.05) is 6.07 Å². The van der Waals surface area contributed by atoms with Crippen LogP contribution in [-0.2, 0) is 0 Å². The van der Waals surface area contributed by atoms with E-state index in [1.54, 1.807) is 6.33 Å². The number of rotatable bonds is 5. The number of fused-ring (bicyclic) bond motifs is 2. The highest BCUT2D eigenvalue weighted by Crippen LogP contribution is 2.24. The number of benzene rings is 3. The van der Waals surface area contributed by atoms with Crippen LogP contribution in [0, 0.1) is 0 Å². The second kappa shape index (κ2) is 7.63. The van der Waals surface area contributed by atoms with Gasteiger partial charge in [0.05, 0.1) is 11.0 Å². The summed E-state index contributed by atoms with van der Waals surface area (Å²) < 4.78 is 1.96. The number of H-pyrrole nitrogens is 1. The fraction of sp³-hybridized carbons (Fsp3) is 0.115. The Hall–Kier alpha value is -4.39. The summed E-state index contributed by atoms with van der Waals surface area (Å²) in [5.74, 6) is -0.208. The molecule has 1 aliphatic carbocycles. The molecule has 0 radical (unpaired) electrons. The average Bonchev–Trinajstić information content (AvgIpc) is 3.36. The molecule has 0 saturated heterocycles. The van der Waals surface area contributed by atoms with Crippen LogP contribution in [0.3, 0.4) is 0 Å². The molecule has 1 saturated carbocycles. The third-order valence-electron chi connectivity index (χ3n) is 5.94. The number of nitrogens with zero attached hydrogens (tertiary/aromatic N) is 2. The summed E-state index contributed by atoms with van der Waals surface area (Å²) in [5, 5.41) is 7.02. The molecule has 7 nitrogen and oxygen atoms in total. The van der Waals surface area contributed by atoms with Crippen molar-refractivity contribution in [1.82, 2.24) is 19.9 Å². The van der Waals surface area contributed by atoms with E-state index in [-0.39, 0.29) is 11.8 Å². The Kier molecular flexibility index (Phi) is 4.47. The van der Waals surface area contributed by atoms with Gasteiger partial charge in [0.1, 0.15) is 6.33 Å². The Morgan fingerprint density at radius 2 is 1.73 bits per heavy atom. The summed E-state index contributed by atoms with van der Waals surface area (Å²) >= 11 is 0. The molecule has 1 aliphatic rings. The number of aromatic amines is 1. The largest absolute Gasteiger partial charge is 0.361 e. The molecule has 1 fully saturated rings. The Morgan fingerprint density at radius 3 is 2.55 bits per heavy atom. The van der Waals surface area contributed by atoms with E-state index in [0.29, 0.717) is 22.9 Å². The topological polar surface area (TPSA) is 91.8 Å². The molecule has 0 aliphatic heterocycles. The van der Waals surface area contributed by atoms with E-state index in [9.17, 15) is 9.59 Å². The van der Waals surface area contributed by atoms with Gasteiger partial charge in [0, 0.05) is 40.3 Å². The minimum atomic E-state index is -0.176. The lowest BCUT2D eigenvalue weighted by molar-refractivity contribution is 0.0950. The minimum Gasteiger partial charge on any atom is -0.361 e. The van der Waals surface area contributed by atoms with Gasteiger partial charge in [0.25, 0.3) is 11.8 Å². The van der Waals surface area contributed by atoms with Crippen molar-refractivity contribution in [3.63, 3.8) is 0 Å². The number of amides is 2. The van der Waals surface area contributed by atoms with Crippen molar-refractivity contribution >= 4 is 39.4 Å². The van der Waals surface area contributed by atoms with Crippen LogP contribution in [0.25, 0.3) is 27.6 Å². The second-order valence-electron chi connectivity index (χ2n) is 8.35. The lowest BCUT2D eigenvalue weighted by Gasteiger charge is -2.08. The molecule has 6 rings (SSSR count). The summed E-state index contributed by atoms with van der Waals surface area (Å²) in [5.41, 5.74) is 5.43. The van der Waals surface area contributed by atoms with Crippen molar-refractivity contribution in [3.05, 3.63) is 90.4 Å². The van der Waals surface area contributed by atoms with Gasteiger partial charge in [-0.3, -0.25) is 14.2 Å². The average molecular weight is 435 g/mol. The first kappa shape index (κ1) is 19.3. The van der Waals surface area contributed by atoms with Gasteiger partial charge in [0.15, 0.2) is 0 Å². The fourth-order valence-electron chi connectivity index (χ4n) is 3.96. The molecule has 0 unspecified atom stereocenters. The molecule has 0 atom stereocenters. The molecule has 3 aromatic carbocycles. The van der Waals surface area contributed by atoms with Gasteiger partial charge in [-0.2, -0.15) is 0 Å². The number of aromatic nitrogens is 3. The minimum absolute atomic E-state index is 0.0321. The van der Waals surface area contributed by atoms with E-state index in [0.717, 1.165) is 40.5 Å².